The Kier molecular flexibility index (Phi) is 5.59. The Morgan fingerprint density at radius 1 is 1.18 bits per heavy atom. The smallest absolute Gasteiger partial charge is 0.162 e. The van der Waals surface area contributed by atoms with Gasteiger partial charge in [0.1, 0.15) is 0 Å². The number of methoxy groups -OCH3 is 2. The van der Waals surface area contributed by atoms with E-state index in [4.69, 9.17) is 19.7 Å². The molecule has 0 saturated carbocycles. The summed E-state index contributed by atoms with van der Waals surface area (Å²) in [6.45, 7) is 0.000418. The van der Waals surface area contributed by atoms with E-state index in [1.54, 1.807) is 26.4 Å². The first-order chi connectivity index (χ1) is 8.24. The molecule has 3 N–H and O–H groups in total. The lowest BCUT2D eigenvalue weighted by molar-refractivity contribution is 0.229. The summed E-state index contributed by atoms with van der Waals surface area (Å²) in [6.07, 6.45) is 0.491. The highest BCUT2D eigenvalue weighted by Crippen LogP contribution is 2.30. The van der Waals surface area contributed by atoms with Gasteiger partial charge in [-0.3, -0.25) is 0 Å². The summed E-state index contributed by atoms with van der Waals surface area (Å²) in [4.78, 5) is 0. The van der Waals surface area contributed by atoms with Crippen molar-refractivity contribution in [1.29, 1.82) is 0 Å². The predicted octanol–water partition coefficient (Wildman–Crippen LogP) is 0.859. The van der Waals surface area contributed by atoms with Gasteiger partial charge in [-0.1, -0.05) is 0 Å². The van der Waals surface area contributed by atoms with Crippen molar-refractivity contribution < 1.29 is 19.7 Å². The van der Waals surface area contributed by atoms with Crippen LogP contribution in [0.3, 0.4) is 0 Å². The molecule has 5 nitrogen and oxygen atoms in total. The molecule has 0 aliphatic heterocycles. The molecule has 96 valence electrons. The van der Waals surface area contributed by atoms with Crippen molar-refractivity contribution >= 4 is 5.69 Å². The Labute approximate surface area is 101 Å². The fraction of sp³-hybridized carbons (Fsp3) is 0.500. The van der Waals surface area contributed by atoms with E-state index in [0.29, 0.717) is 17.9 Å². The van der Waals surface area contributed by atoms with Gasteiger partial charge in [-0.2, -0.15) is 0 Å². The van der Waals surface area contributed by atoms with E-state index >= 15 is 0 Å². The molecule has 0 spiro atoms. The maximum atomic E-state index is 9.12. The first-order valence-electron chi connectivity index (χ1n) is 5.45. The third-order valence-electron chi connectivity index (χ3n) is 2.45. The Hall–Kier alpha value is -1.46. The number of benzene rings is 1. The zero-order valence-corrected chi connectivity index (χ0v) is 10.1. The van der Waals surface area contributed by atoms with E-state index in [1.165, 1.54) is 0 Å². The van der Waals surface area contributed by atoms with Gasteiger partial charge in [-0.25, -0.2) is 0 Å². The predicted molar refractivity (Wildman–Crippen MR) is 65.7 cm³/mol. The van der Waals surface area contributed by atoms with Crippen LogP contribution >= 0.6 is 0 Å². The Balaban J connectivity index is 2.77. The van der Waals surface area contributed by atoms with Crippen LogP contribution in [0.4, 0.5) is 5.69 Å². The molecule has 1 aromatic carbocycles. The highest BCUT2D eigenvalue weighted by Gasteiger charge is 2.09. The van der Waals surface area contributed by atoms with Gasteiger partial charge in [0.15, 0.2) is 11.5 Å². The molecule has 0 fully saturated rings. The van der Waals surface area contributed by atoms with E-state index in [1.807, 2.05) is 6.07 Å². The zero-order chi connectivity index (χ0) is 12.7. The number of anilines is 1. The van der Waals surface area contributed by atoms with Crippen LogP contribution in [0.15, 0.2) is 18.2 Å². The van der Waals surface area contributed by atoms with Crippen LogP contribution < -0.4 is 14.8 Å². The molecule has 0 bridgehead atoms. The standard InChI is InChI=1S/C12H19NO4/c1-16-11-4-3-9(7-12(11)17-2)13-10(8-15)5-6-14/h3-4,7,10,13-15H,5-6,8H2,1-2H3. The number of ether oxygens (including phenoxy) is 2. The van der Waals surface area contributed by atoms with E-state index in [9.17, 15) is 0 Å². The number of hydrogen-bond acceptors (Lipinski definition) is 5. The minimum atomic E-state index is -0.168. The van der Waals surface area contributed by atoms with Crippen molar-refractivity contribution in [2.45, 2.75) is 12.5 Å². The first-order valence-corrected chi connectivity index (χ1v) is 5.45. The first kappa shape index (κ1) is 13.6. The average Bonchev–Trinajstić information content (AvgIpc) is 2.38. The van der Waals surface area contributed by atoms with Crippen LogP contribution in [0.25, 0.3) is 0 Å². The fourth-order valence-electron chi connectivity index (χ4n) is 1.53. The summed E-state index contributed by atoms with van der Waals surface area (Å²) in [5, 5.41) is 21.1. The summed E-state index contributed by atoms with van der Waals surface area (Å²) in [5.74, 6) is 1.28. The number of aliphatic hydroxyl groups is 2. The number of rotatable bonds is 7. The van der Waals surface area contributed by atoms with Gasteiger partial charge < -0.3 is 25.0 Å². The molecule has 0 saturated heterocycles. The van der Waals surface area contributed by atoms with Crippen LogP contribution in [0, 0.1) is 0 Å². The molecule has 1 rings (SSSR count). The molecule has 0 aliphatic carbocycles. The summed E-state index contributed by atoms with van der Waals surface area (Å²) in [6, 6.07) is 5.24. The van der Waals surface area contributed by atoms with Crippen molar-refractivity contribution in [3.05, 3.63) is 18.2 Å². The second-order valence-corrected chi connectivity index (χ2v) is 3.61. The summed E-state index contributed by atoms with van der Waals surface area (Å²) in [5.41, 5.74) is 0.815. The highest BCUT2D eigenvalue weighted by molar-refractivity contribution is 5.55. The minimum Gasteiger partial charge on any atom is -0.493 e. The van der Waals surface area contributed by atoms with Crippen LogP contribution in [0.1, 0.15) is 6.42 Å². The number of nitrogens with one attached hydrogen (secondary N) is 1. The second-order valence-electron chi connectivity index (χ2n) is 3.61. The van der Waals surface area contributed by atoms with Gasteiger partial charge in [0.2, 0.25) is 0 Å². The molecule has 0 heterocycles. The topological polar surface area (TPSA) is 71.0 Å². The van der Waals surface area contributed by atoms with Gasteiger partial charge >= 0.3 is 0 Å². The monoisotopic (exact) mass is 241 g/mol. The molecule has 5 heteroatoms. The van der Waals surface area contributed by atoms with Crippen LogP contribution in [-0.2, 0) is 0 Å². The Bertz CT molecular complexity index is 343. The maximum absolute atomic E-state index is 9.12. The largest absolute Gasteiger partial charge is 0.493 e. The van der Waals surface area contributed by atoms with Gasteiger partial charge in [-0.15, -0.1) is 0 Å². The maximum Gasteiger partial charge on any atom is 0.162 e. The second kappa shape index (κ2) is 6.98. The van der Waals surface area contributed by atoms with Crippen molar-refractivity contribution in [3.8, 4) is 11.5 Å². The lowest BCUT2D eigenvalue weighted by Crippen LogP contribution is -2.24. The molecular weight excluding hydrogens is 222 g/mol. The van der Waals surface area contributed by atoms with Crippen LogP contribution in [-0.4, -0.2) is 43.7 Å². The SMILES string of the molecule is COc1ccc(NC(CO)CCO)cc1OC. The normalized spacial score (nSPS) is 12.0. The van der Waals surface area contributed by atoms with Crippen LogP contribution in [0.5, 0.6) is 11.5 Å². The average molecular weight is 241 g/mol. The molecular formula is C12H19NO4. The molecule has 1 atom stereocenters. The summed E-state index contributed by atoms with van der Waals surface area (Å²) >= 11 is 0. The number of aliphatic hydroxyl groups excluding tert-OH is 2. The molecule has 1 unspecified atom stereocenters. The third-order valence-corrected chi connectivity index (χ3v) is 2.45. The van der Waals surface area contributed by atoms with Gasteiger partial charge in [0.05, 0.1) is 26.9 Å². The quantitative estimate of drug-likeness (QED) is 0.660. The van der Waals surface area contributed by atoms with Crippen molar-refractivity contribution in [1.82, 2.24) is 0 Å². The summed E-state index contributed by atoms with van der Waals surface area (Å²) < 4.78 is 10.3. The fourth-order valence-corrected chi connectivity index (χ4v) is 1.53. The third kappa shape index (κ3) is 3.80. The van der Waals surface area contributed by atoms with E-state index < -0.39 is 0 Å². The van der Waals surface area contributed by atoms with Crippen molar-refractivity contribution in [2.75, 3.05) is 32.8 Å². The molecule has 17 heavy (non-hydrogen) atoms. The van der Waals surface area contributed by atoms with Crippen molar-refractivity contribution in [2.24, 2.45) is 0 Å². The van der Waals surface area contributed by atoms with E-state index in [0.717, 1.165) is 5.69 Å². The lowest BCUT2D eigenvalue weighted by Gasteiger charge is -2.17. The molecule has 0 radical (unpaired) electrons. The minimum absolute atomic E-state index is 0.0328. The van der Waals surface area contributed by atoms with E-state index in [2.05, 4.69) is 5.32 Å². The Morgan fingerprint density at radius 3 is 2.41 bits per heavy atom. The van der Waals surface area contributed by atoms with Crippen molar-refractivity contribution in [3.63, 3.8) is 0 Å². The molecule has 0 amide bonds. The summed E-state index contributed by atoms with van der Waals surface area (Å²) in [7, 11) is 3.14. The van der Waals surface area contributed by atoms with Gasteiger partial charge in [-0.05, 0) is 18.6 Å². The number of hydrogen-bond donors (Lipinski definition) is 3. The molecule has 0 aromatic heterocycles. The molecule has 0 aliphatic rings. The van der Waals surface area contributed by atoms with Gasteiger partial charge in [0, 0.05) is 18.4 Å². The Morgan fingerprint density at radius 2 is 1.88 bits per heavy atom. The highest BCUT2D eigenvalue weighted by atomic mass is 16.5. The lowest BCUT2D eigenvalue weighted by atomic mass is 10.2. The van der Waals surface area contributed by atoms with E-state index in [-0.39, 0.29) is 19.3 Å². The zero-order valence-electron chi connectivity index (χ0n) is 10.1. The van der Waals surface area contributed by atoms with Gasteiger partial charge in [0.25, 0.3) is 0 Å². The van der Waals surface area contributed by atoms with Crippen LogP contribution in [0.2, 0.25) is 0 Å². The molecule has 1 aromatic rings.